The molecule has 0 aliphatic heterocycles. The van der Waals surface area contributed by atoms with E-state index < -0.39 is 6.10 Å². The van der Waals surface area contributed by atoms with Crippen molar-refractivity contribution in [2.75, 3.05) is 0 Å². The van der Waals surface area contributed by atoms with Gasteiger partial charge in [-0.25, -0.2) is 0 Å². The summed E-state index contributed by atoms with van der Waals surface area (Å²) in [6, 6.07) is 0. The van der Waals surface area contributed by atoms with Crippen molar-refractivity contribution in [3.63, 3.8) is 0 Å². The number of rotatable bonds is 5. The molecule has 68 valence electrons. The molecule has 0 radical (unpaired) electrons. The minimum atomic E-state index is -0.843. The third kappa shape index (κ3) is 4.85. The van der Waals surface area contributed by atoms with E-state index in [-0.39, 0.29) is 5.78 Å². The summed E-state index contributed by atoms with van der Waals surface area (Å²) in [5, 5.41) is 9.12. The van der Waals surface area contributed by atoms with Gasteiger partial charge in [0.1, 0.15) is 6.10 Å². The second-order valence-electron chi connectivity index (χ2n) is 2.91. The van der Waals surface area contributed by atoms with E-state index in [1.165, 1.54) is 6.92 Å². The summed E-state index contributed by atoms with van der Waals surface area (Å²) >= 11 is 0. The van der Waals surface area contributed by atoms with E-state index in [2.05, 4.69) is 6.58 Å². The number of aliphatic hydroxyl groups excluding tert-OH is 1. The highest BCUT2D eigenvalue weighted by Crippen LogP contribution is 2.04. The van der Waals surface area contributed by atoms with Crippen LogP contribution in [0.1, 0.15) is 26.7 Å². The smallest absolute Gasteiger partial charge is 0.158 e. The van der Waals surface area contributed by atoms with Crippen LogP contribution in [0.3, 0.4) is 0 Å². The Kier molecular flexibility index (Phi) is 5.30. The molecule has 1 atom stereocenters. The molecule has 0 aromatic heterocycles. The highest BCUT2D eigenvalue weighted by molar-refractivity contribution is 5.80. The SMILES string of the molecule is C=CCC(C)=CCC(O)C(C)=O. The molecule has 2 nitrogen and oxygen atoms in total. The first-order valence-electron chi connectivity index (χ1n) is 4.03. The van der Waals surface area contributed by atoms with Gasteiger partial charge in [-0.2, -0.15) is 0 Å². The van der Waals surface area contributed by atoms with Crippen molar-refractivity contribution in [1.29, 1.82) is 0 Å². The van der Waals surface area contributed by atoms with Crippen molar-refractivity contribution >= 4 is 5.78 Å². The van der Waals surface area contributed by atoms with E-state index >= 15 is 0 Å². The summed E-state index contributed by atoms with van der Waals surface area (Å²) in [4.78, 5) is 10.6. The van der Waals surface area contributed by atoms with Gasteiger partial charge in [0.15, 0.2) is 5.78 Å². The molecule has 0 saturated carbocycles. The summed E-state index contributed by atoms with van der Waals surface area (Å²) in [5.74, 6) is -0.183. The topological polar surface area (TPSA) is 37.3 Å². The number of carbonyl (C=O) groups is 1. The van der Waals surface area contributed by atoms with Crippen LogP contribution in [0.15, 0.2) is 24.3 Å². The molecular weight excluding hydrogens is 152 g/mol. The average Bonchev–Trinajstić information content (AvgIpc) is 2.00. The fourth-order valence-corrected chi connectivity index (χ4v) is 0.790. The van der Waals surface area contributed by atoms with E-state index in [1.54, 1.807) is 6.08 Å². The van der Waals surface area contributed by atoms with E-state index in [0.29, 0.717) is 6.42 Å². The van der Waals surface area contributed by atoms with Gasteiger partial charge >= 0.3 is 0 Å². The number of aliphatic hydroxyl groups is 1. The lowest BCUT2D eigenvalue weighted by molar-refractivity contribution is -0.124. The number of ketones is 1. The van der Waals surface area contributed by atoms with Crippen molar-refractivity contribution in [3.8, 4) is 0 Å². The normalized spacial score (nSPS) is 14.1. The lowest BCUT2D eigenvalue weighted by Crippen LogP contribution is -2.15. The largest absolute Gasteiger partial charge is 0.385 e. The number of carbonyl (C=O) groups excluding carboxylic acids is 1. The van der Waals surface area contributed by atoms with Gasteiger partial charge in [-0.05, 0) is 26.7 Å². The lowest BCUT2D eigenvalue weighted by atomic mass is 10.1. The molecule has 0 aliphatic rings. The lowest BCUT2D eigenvalue weighted by Gasteiger charge is -2.02. The van der Waals surface area contributed by atoms with Gasteiger partial charge in [0.25, 0.3) is 0 Å². The number of hydrogen-bond donors (Lipinski definition) is 1. The van der Waals surface area contributed by atoms with E-state index in [0.717, 1.165) is 12.0 Å². The fraction of sp³-hybridized carbons (Fsp3) is 0.500. The monoisotopic (exact) mass is 168 g/mol. The van der Waals surface area contributed by atoms with Crippen molar-refractivity contribution in [1.82, 2.24) is 0 Å². The van der Waals surface area contributed by atoms with E-state index in [9.17, 15) is 4.79 Å². The Morgan fingerprint density at radius 2 is 2.17 bits per heavy atom. The van der Waals surface area contributed by atoms with Gasteiger partial charge in [0.05, 0.1) is 0 Å². The number of allylic oxidation sites excluding steroid dienone is 2. The minimum Gasteiger partial charge on any atom is -0.385 e. The van der Waals surface area contributed by atoms with Crippen LogP contribution in [0.2, 0.25) is 0 Å². The van der Waals surface area contributed by atoms with Gasteiger partial charge in [0, 0.05) is 0 Å². The molecule has 0 aliphatic carbocycles. The molecule has 0 rings (SSSR count). The zero-order valence-electron chi connectivity index (χ0n) is 7.71. The molecule has 1 N–H and O–H groups in total. The van der Waals surface area contributed by atoms with Crippen LogP contribution in [0.25, 0.3) is 0 Å². The van der Waals surface area contributed by atoms with Crippen LogP contribution in [0.4, 0.5) is 0 Å². The van der Waals surface area contributed by atoms with Gasteiger partial charge in [-0.1, -0.05) is 17.7 Å². The maximum Gasteiger partial charge on any atom is 0.158 e. The van der Waals surface area contributed by atoms with E-state index in [1.807, 2.05) is 13.0 Å². The molecule has 0 aromatic rings. The second kappa shape index (κ2) is 5.72. The van der Waals surface area contributed by atoms with Gasteiger partial charge < -0.3 is 5.11 Å². The molecule has 1 unspecified atom stereocenters. The van der Waals surface area contributed by atoms with Gasteiger partial charge in [-0.15, -0.1) is 6.58 Å². The summed E-state index contributed by atoms with van der Waals surface area (Å²) in [6.07, 6.45) is 4.05. The predicted octanol–water partition coefficient (Wildman–Crippen LogP) is 1.85. The first-order chi connectivity index (χ1) is 5.57. The third-order valence-electron chi connectivity index (χ3n) is 1.63. The van der Waals surface area contributed by atoms with Crippen molar-refractivity contribution in [3.05, 3.63) is 24.3 Å². The van der Waals surface area contributed by atoms with Gasteiger partial charge in [-0.3, -0.25) is 4.79 Å². The zero-order valence-corrected chi connectivity index (χ0v) is 7.71. The molecule has 0 amide bonds. The Morgan fingerprint density at radius 3 is 2.58 bits per heavy atom. The second-order valence-corrected chi connectivity index (χ2v) is 2.91. The van der Waals surface area contributed by atoms with Gasteiger partial charge in [0.2, 0.25) is 0 Å². The Morgan fingerprint density at radius 1 is 1.58 bits per heavy atom. The quantitative estimate of drug-likeness (QED) is 0.636. The minimum absolute atomic E-state index is 0.183. The Bertz CT molecular complexity index is 192. The highest BCUT2D eigenvalue weighted by Gasteiger charge is 2.06. The first kappa shape index (κ1) is 11.1. The molecule has 0 aromatic carbocycles. The van der Waals surface area contributed by atoms with Crippen LogP contribution in [0, 0.1) is 0 Å². The first-order valence-corrected chi connectivity index (χ1v) is 4.03. The molecule has 2 heteroatoms. The molecule has 0 heterocycles. The van der Waals surface area contributed by atoms with Crippen LogP contribution >= 0.6 is 0 Å². The molecule has 12 heavy (non-hydrogen) atoms. The van der Waals surface area contributed by atoms with Crippen LogP contribution in [0.5, 0.6) is 0 Å². The summed E-state index contributed by atoms with van der Waals surface area (Å²) < 4.78 is 0. The molecule has 0 spiro atoms. The van der Waals surface area contributed by atoms with E-state index in [4.69, 9.17) is 5.11 Å². The predicted molar refractivity (Wildman–Crippen MR) is 49.9 cm³/mol. The fourth-order valence-electron chi connectivity index (χ4n) is 0.790. The van der Waals surface area contributed by atoms with Crippen LogP contribution < -0.4 is 0 Å². The zero-order chi connectivity index (χ0) is 9.56. The molecular formula is C10H16O2. The van der Waals surface area contributed by atoms with Crippen molar-refractivity contribution in [2.45, 2.75) is 32.8 Å². The maximum atomic E-state index is 10.6. The molecule has 0 bridgehead atoms. The van der Waals surface area contributed by atoms with Crippen LogP contribution in [-0.2, 0) is 4.79 Å². The van der Waals surface area contributed by atoms with Crippen LogP contribution in [-0.4, -0.2) is 17.0 Å². The Labute approximate surface area is 73.6 Å². The third-order valence-corrected chi connectivity index (χ3v) is 1.63. The maximum absolute atomic E-state index is 10.6. The van der Waals surface area contributed by atoms with Crippen molar-refractivity contribution in [2.24, 2.45) is 0 Å². The Hall–Kier alpha value is -0.890. The molecule has 0 saturated heterocycles. The summed E-state index contributed by atoms with van der Waals surface area (Å²) in [6.45, 7) is 6.94. The summed E-state index contributed by atoms with van der Waals surface area (Å²) in [5.41, 5.74) is 1.13. The van der Waals surface area contributed by atoms with Crippen molar-refractivity contribution < 1.29 is 9.90 Å². The number of Topliss-reactive ketones (excluding diaryl/α,β-unsaturated/α-hetero) is 1. The average molecular weight is 168 g/mol. The Balaban J connectivity index is 3.86. The highest BCUT2D eigenvalue weighted by atomic mass is 16.3. The molecule has 0 fully saturated rings. The number of hydrogen-bond acceptors (Lipinski definition) is 2. The summed E-state index contributed by atoms with van der Waals surface area (Å²) in [7, 11) is 0. The standard InChI is InChI=1S/C10H16O2/c1-4-5-8(2)6-7-10(12)9(3)11/h4,6,10,12H,1,5,7H2,2-3H3.